The van der Waals surface area contributed by atoms with E-state index in [9.17, 15) is 4.79 Å². The van der Waals surface area contributed by atoms with E-state index in [1.807, 2.05) is 38.4 Å². The normalized spacial score (nSPS) is 12.0. The lowest BCUT2D eigenvalue weighted by atomic mass is 10.0. The molecule has 0 fully saturated rings. The zero-order valence-corrected chi connectivity index (χ0v) is 15.1. The van der Waals surface area contributed by atoms with Gasteiger partial charge in [-0.2, -0.15) is 0 Å². The Morgan fingerprint density at radius 3 is 2.32 bits per heavy atom. The van der Waals surface area contributed by atoms with Crippen molar-refractivity contribution in [2.45, 2.75) is 32.7 Å². The second kappa shape index (κ2) is 10.5. The molecule has 126 valence electrons. The minimum absolute atomic E-state index is 0. The summed E-state index contributed by atoms with van der Waals surface area (Å²) in [5, 5.41) is 3.08. The molecule has 0 saturated carbocycles. The molecule has 1 amide bonds. The standard InChI is InChI=1S/C17H28N2O2.ClH/c1-6-13(7-2)17(20)18-12-15(19(3)4)14-10-8-9-11-16(14)21-5;/h8-11,13,15H,6-7,12H2,1-5H3,(H,18,20);1H. The molecule has 1 N–H and O–H groups in total. The molecule has 0 bridgehead atoms. The van der Waals surface area contributed by atoms with Gasteiger partial charge in [-0.3, -0.25) is 4.79 Å². The number of hydrogen-bond donors (Lipinski definition) is 1. The highest BCUT2D eigenvalue weighted by molar-refractivity contribution is 5.85. The van der Waals surface area contributed by atoms with Crippen LogP contribution < -0.4 is 10.1 Å². The number of ether oxygens (including phenoxy) is 1. The van der Waals surface area contributed by atoms with Gasteiger partial charge in [0, 0.05) is 18.0 Å². The van der Waals surface area contributed by atoms with Crippen LogP contribution in [-0.4, -0.2) is 38.6 Å². The molecular formula is C17H29ClN2O2. The van der Waals surface area contributed by atoms with Crippen LogP contribution in [0.5, 0.6) is 5.75 Å². The van der Waals surface area contributed by atoms with Crippen molar-refractivity contribution >= 4 is 18.3 Å². The van der Waals surface area contributed by atoms with Crippen LogP contribution >= 0.6 is 12.4 Å². The van der Waals surface area contributed by atoms with Gasteiger partial charge in [0.2, 0.25) is 5.91 Å². The molecule has 1 rings (SSSR count). The van der Waals surface area contributed by atoms with Crippen LogP contribution in [0, 0.1) is 5.92 Å². The SMILES string of the molecule is CCC(CC)C(=O)NCC(c1ccccc1OC)N(C)C.Cl. The number of halogens is 1. The number of likely N-dealkylation sites (N-methyl/N-ethyl adjacent to an activating group) is 1. The minimum Gasteiger partial charge on any atom is -0.496 e. The number of nitrogens with zero attached hydrogens (tertiary/aromatic N) is 1. The first-order valence-corrected chi connectivity index (χ1v) is 7.62. The molecule has 1 aromatic rings. The van der Waals surface area contributed by atoms with Gasteiger partial charge in [0.15, 0.2) is 0 Å². The van der Waals surface area contributed by atoms with Gasteiger partial charge in [-0.1, -0.05) is 32.0 Å². The highest BCUT2D eigenvalue weighted by Crippen LogP contribution is 2.27. The third-order valence-corrected chi connectivity index (χ3v) is 3.95. The van der Waals surface area contributed by atoms with E-state index in [0.29, 0.717) is 6.54 Å². The molecule has 0 aromatic heterocycles. The lowest BCUT2D eigenvalue weighted by Crippen LogP contribution is -2.37. The topological polar surface area (TPSA) is 41.6 Å². The summed E-state index contributed by atoms with van der Waals surface area (Å²) in [5.41, 5.74) is 1.09. The van der Waals surface area contributed by atoms with Gasteiger partial charge < -0.3 is 15.0 Å². The second-order valence-corrected chi connectivity index (χ2v) is 5.48. The van der Waals surface area contributed by atoms with Gasteiger partial charge in [-0.25, -0.2) is 0 Å². The molecule has 5 heteroatoms. The zero-order valence-electron chi connectivity index (χ0n) is 14.3. The Kier molecular flexibility index (Phi) is 9.86. The average Bonchev–Trinajstić information content (AvgIpc) is 2.48. The Hall–Kier alpha value is -1.26. The first-order chi connectivity index (χ1) is 10.0. The molecule has 1 aromatic carbocycles. The van der Waals surface area contributed by atoms with Gasteiger partial charge in [-0.15, -0.1) is 12.4 Å². The Morgan fingerprint density at radius 2 is 1.82 bits per heavy atom. The monoisotopic (exact) mass is 328 g/mol. The fourth-order valence-corrected chi connectivity index (χ4v) is 2.51. The lowest BCUT2D eigenvalue weighted by molar-refractivity contribution is -0.125. The highest BCUT2D eigenvalue weighted by Gasteiger charge is 2.21. The van der Waals surface area contributed by atoms with Crippen molar-refractivity contribution in [1.82, 2.24) is 10.2 Å². The summed E-state index contributed by atoms with van der Waals surface area (Å²) in [6.07, 6.45) is 1.76. The summed E-state index contributed by atoms with van der Waals surface area (Å²) in [7, 11) is 5.70. The Labute approximate surface area is 140 Å². The van der Waals surface area contributed by atoms with E-state index in [1.165, 1.54) is 0 Å². The maximum atomic E-state index is 12.2. The number of nitrogens with one attached hydrogen (secondary N) is 1. The predicted molar refractivity (Wildman–Crippen MR) is 93.8 cm³/mol. The third kappa shape index (κ3) is 5.50. The summed E-state index contributed by atoms with van der Waals surface area (Å²) in [5.74, 6) is 1.10. The highest BCUT2D eigenvalue weighted by atomic mass is 35.5. The van der Waals surface area contributed by atoms with Gasteiger partial charge in [0.1, 0.15) is 5.75 Å². The molecule has 0 heterocycles. The third-order valence-electron chi connectivity index (χ3n) is 3.95. The molecule has 22 heavy (non-hydrogen) atoms. The molecule has 1 atom stereocenters. The molecule has 0 aliphatic heterocycles. The van der Waals surface area contributed by atoms with Crippen molar-refractivity contribution in [3.63, 3.8) is 0 Å². The van der Waals surface area contributed by atoms with Gasteiger partial charge in [0.05, 0.1) is 13.2 Å². The van der Waals surface area contributed by atoms with E-state index >= 15 is 0 Å². The van der Waals surface area contributed by atoms with Gasteiger partial charge >= 0.3 is 0 Å². The minimum atomic E-state index is 0. The van der Waals surface area contributed by atoms with Crippen LogP contribution in [-0.2, 0) is 4.79 Å². The Balaban J connectivity index is 0.00000441. The number of methoxy groups -OCH3 is 1. The van der Waals surface area contributed by atoms with E-state index in [0.717, 1.165) is 24.2 Å². The number of para-hydroxylation sites is 1. The van der Waals surface area contributed by atoms with Crippen molar-refractivity contribution < 1.29 is 9.53 Å². The first kappa shape index (κ1) is 20.7. The van der Waals surface area contributed by atoms with Crippen LogP contribution in [0.2, 0.25) is 0 Å². The van der Waals surface area contributed by atoms with Gasteiger partial charge in [-0.05, 0) is 33.0 Å². The summed E-state index contributed by atoms with van der Waals surface area (Å²) in [6.45, 7) is 4.69. The maximum absolute atomic E-state index is 12.2. The van der Waals surface area contributed by atoms with Crippen molar-refractivity contribution in [2.75, 3.05) is 27.7 Å². The summed E-state index contributed by atoms with van der Waals surface area (Å²) >= 11 is 0. The maximum Gasteiger partial charge on any atom is 0.223 e. The van der Waals surface area contributed by atoms with E-state index < -0.39 is 0 Å². The lowest BCUT2D eigenvalue weighted by Gasteiger charge is -2.27. The first-order valence-electron chi connectivity index (χ1n) is 7.62. The number of rotatable bonds is 8. The number of carbonyl (C=O) groups is 1. The van der Waals surface area contributed by atoms with Crippen LogP contribution in [0.15, 0.2) is 24.3 Å². The Bertz CT molecular complexity index is 448. The number of hydrogen-bond acceptors (Lipinski definition) is 3. The van der Waals surface area contributed by atoms with E-state index in [2.05, 4.69) is 24.1 Å². The molecule has 0 saturated heterocycles. The van der Waals surface area contributed by atoms with Gasteiger partial charge in [0.25, 0.3) is 0 Å². The van der Waals surface area contributed by atoms with Crippen molar-refractivity contribution in [2.24, 2.45) is 5.92 Å². The zero-order chi connectivity index (χ0) is 15.8. The molecule has 0 aliphatic carbocycles. The Morgan fingerprint density at radius 1 is 1.23 bits per heavy atom. The number of amides is 1. The summed E-state index contributed by atoms with van der Waals surface area (Å²) in [6, 6.07) is 8.05. The average molecular weight is 329 g/mol. The fourth-order valence-electron chi connectivity index (χ4n) is 2.51. The van der Waals surface area contributed by atoms with Crippen molar-refractivity contribution in [1.29, 1.82) is 0 Å². The number of carbonyl (C=O) groups excluding carboxylic acids is 1. The molecule has 1 unspecified atom stereocenters. The van der Waals surface area contributed by atoms with Crippen LogP contribution in [0.3, 0.4) is 0 Å². The van der Waals surface area contributed by atoms with E-state index in [1.54, 1.807) is 7.11 Å². The summed E-state index contributed by atoms with van der Waals surface area (Å²) < 4.78 is 5.43. The quantitative estimate of drug-likeness (QED) is 0.796. The largest absolute Gasteiger partial charge is 0.496 e. The molecular weight excluding hydrogens is 300 g/mol. The smallest absolute Gasteiger partial charge is 0.223 e. The van der Waals surface area contributed by atoms with Crippen LogP contribution in [0.1, 0.15) is 38.3 Å². The predicted octanol–water partition coefficient (Wildman–Crippen LogP) is 3.27. The van der Waals surface area contributed by atoms with Crippen molar-refractivity contribution in [3.05, 3.63) is 29.8 Å². The molecule has 4 nitrogen and oxygen atoms in total. The van der Waals surface area contributed by atoms with Crippen LogP contribution in [0.4, 0.5) is 0 Å². The van der Waals surface area contributed by atoms with Crippen LogP contribution in [0.25, 0.3) is 0 Å². The van der Waals surface area contributed by atoms with E-state index in [-0.39, 0.29) is 30.3 Å². The number of benzene rings is 1. The summed E-state index contributed by atoms with van der Waals surface area (Å²) in [4.78, 5) is 14.3. The van der Waals surface area contributed by atoms with Crippen molar-refractivity contribution in [3.8, 4) is 5.75 Å². The molecule has 0 spiro atoms. The fraction of sp³-hybridized carbons (Fsp3) is 0.588. The molecule has 0 radical (unpaired) electrons. The molecule has 0 aliphatic rings. The second-order valence-electron chi connectivity index (χ2n) is 5.48. The van der Waals surface area contributed by atoms with E-state index in [4.69, 9.17) is 4.74 Å².